The summed E-state index contributed by atoms with van der Waals surface area (Å²) >= 11 is 0. The molecule has 0 aliphatic heterocycles. The van der Waals surface area contributed by atoms with Gasteiger partial charge in [-0.3, -0.25) is 4.98 Å². The molecule has 86 valence electrons. The summed E-state index contributed by atoms with van der Waals surface area (Å²) in [5, 5.41) is 0. The molecule has 4 nitrogen and oxygen atoms in total. The van der Waals surface area contributed by atoms with Crippen molar-refractivity contribution in [3.8, 4) is 11.1 Å². The number of anilines is 1. The monoisotopic (exact) mass is 228 g/mol. The van der Waals surface area contributed by atoms with Gasteiger partial charge in [-0.15, -0.1) is 0 Å². The van der Waals surface area contributed by atoms with Crippen LogP contribution in [0.1, 0.15) is 10.4 Å². The Kier molecular flexibility index (Phi) is 3.05. The maximum Gasteiger partial charge on any atom is 0.340 e. The van der Waals surface area contributed by atoms with E-state index in [0.29, 0.717) is 11.3 Å². The van der Waals surface area contributed by atoms with E-state index >= 15 is 0 Å². The third kappa shape index (κ3) is 2.10. The molecule has 0 atom stereocenters. The van der Waals surface area contributed by atoms with Gasteiger partial charge < -0.3 is 10.5 Å². The van der Waals surface area contributed by atoms with Crippen molar-refractivity contribution < 1.29 is 9.53 Å². The van der Waals surface area contributed by atoms with Crippen molar-refractivity contribution in [3.63, 3.8) is 0 Å². The maximum atomic E-state index is 11.6. The molecule has 2 aromatic rings. The lowest BCUT2D eigenvalue weighted by molar-refractivity contribution is 0.0601. The van der Waals surface area contributed by atoms with Crippen LogP contribution < -0.4 is 5.73 Å². The number of carbonyl (C=O) groups is 1. The summed E-state index contributed by atoms with van der Waals surface area (Å²) in [4.78, 5) is 15.5. The molecule has 0 unspecified atom stereocenters. The molecule has 2 rings (SSSR count). The standard InChI is InChI=1S/C13H12N2O2/c1-17-13(16)11-8-15-7-6-9(11)10-4-2-3-5-12(10)14/h2-8H,14H2,1H3. The number of aromatic nitrogens is 1. The Morgan fingerprint density at radius 1 is 1.24 bits per heavy atom. The van der Waals surface area contributed by atoms with E-state index in [1.165, 1.54) is 13.3 Å². The molecule has 0 aliphatic carbocycles. The third-order valence-electron chi connectivity index (χ3n) is 2.48. The number of hydrogen-bond acceptors (Lipinski definition) is 4. The van der Waals surface area contributed by atoms with E-state index in [1.807, 2.05) is 18.2 Å². The first-order valence-electron chi connectivity index (χ1n) is 5.11. The SMILES string of the molecule is COC(=O)c1cnccc1-c1ccccc1N. The van der Waals surface area contributed by atoms with E-state index in [0.717, 1.165) is 11.1 Å². The number of benzene rings is 1. The van der Waals surface area contributed by atoms with Crippen LogP contribution in [-0.4, -0.2) is 18.1 Å². The molecule has 1 heterocycles. The van der Waals surface area contributed by atoms with Crippen LogP contribution in [-0.2, 0) is 4.74 Å². The molecule has 0 saturated carbocycles. The first-order chi connectivity index (χ1) is 8.24. The first-order valence-corrected chi connectivity index (χ1v) is 5.11. The number of carbonyl (C=O) groups excluding carboxylic acids is 1. The molecule has 17 heavy (non-hydrogen) atoms. The van der Waals surface area contributed by atoms with Crippen LogP contribution in [0.5, 0.6) is 0 Å². The highest BCUT2D eigenvalue weighted by atomic mass is 16.5. The van der Waals surface area contributed by atoms with Gasteiger partial charge in [0.1, 0.15) is 0 Å². The second-order valence-corrected chi connectivity index (χ2v) is 3.50. The average Bonchev–Trinajstić information content (AvgIpc) is 2.38. The Morgan fingerprint density at radius 3 is 2.71 bits per heavy atom. The Hall–Kier alpha value is -2.36. The van der Waals surface area contributed by atoms with Crippen LogP contribution in [0, 0.1) is 0 Å². The zero-order valence-electron chi connectivity index (χ0n) is 9.38. The van der Waals surface area contributed by atoms with E-state index in [1.54, 1.807) is 18.3 Å². The molecule has 0 fully saturated rings. The highest BCUT2D eigenvalue weighted by molar-refractivity contribution is 5.98. The first kappa shape index (κ1) is 11.1. The normalized spacial score (nSPS) is 9.94. The van der Waals surface area contributed by atoms with Crippen LogP contribution in [0.4, 0.5) is 5.69 Å². The summed E-state index contributed by atoms with van der Waals surface area (Å²) < 4.78 is 4.72. The fraction of sp³-hybridized carbons (Fsp3) is 0.0769. The Balaban J connectivity index is 2.60. The highest BCUT2D eigenvalue weighted by Gasteiger charge is 2.14. The summed E-state index contributed by atoms with van der Waals surface area (Å²) in [6, 6.07) is 9.11. The number of pyridine rings is 1. The lowest BCUT2D eigenvalue weighted by atomic mass is 10.0. The number of nitrogens with zero attached hydrogens (tertiary/aromatic N) is 1. The quantitative estimate of drug-likeness (QED) is 0.631. The smallest absolute Gasteiger partial charge is 0.340 e. The van der Waals surface area contributed by atoms with Crippen LogP contribution in [0.15, 0.2) is 42.7 Å². The predicted molar refractivity (Wildman–Crippen MR) is 65.4 cm³/mol. The second kappa shape index (κ2) is 4.65. The van der Waals surface area contributed by atoms with Gasteiger partial charge in [-0.25, -0.2) is 4.79 Å². The van der Waals surface area contributed by atoms with Gasteiger partial charge in [-0.1, -0.05) is 18.2 Å². The van der Waals surface area contributed by atoms with E-state index in [4.69, 9.17) is 10.5 Å². The largest absolute Gasteiger partial charge is 0.465 e. The van der Waals surface area contributed by atoms with Gasteiger partial charge in [0.2, 0.25) is 0 Å². The summed E-state index contributed by atoms with van der Waals surface area (Å²) in [5.74, 6) is -0.420. The predicted octanol–water partition coefficient (Wildman–Crippen LogP) is 2.12. The second-order valence-electron chi connectivity index (χ2n) is 3.50. The topological polar surface area (TPSA) is 65.2 Å². The molecule has 1 aromatic heterocycles. The molecule has 4 heteroatoms. The third-order valence-corrected chi connectivity index (χ3v) is 2.48. The van der Waals surface area contributed by atoms with E-state index in [-0.39, 0.29) is 0 Å². The molecular formula is C13H12N2O2. The molecule has 0 amide bonds. The summed E-state index contributed by atoms with van der Waals surface area (Å²) in [7, 11) is 1.34. The molecule has 0 saturated heterocycles. The van der Waals surface area contributed by atoms with Gasteiger partial charge in [0.15, 0.2) is 0 Å². The number of hydrogen-bond donors (Lipinski definition) is 1. The van der Waals surface area contributed by atoms with Gasteiger partial charge in [0.05, 0.1) is 12.7 Å². The van der Waals surface area contributed by atoms with Crippen molar-refractivity contribution >= 4 is 11.7 Å². The Labute approximate surface area is 99.1 Å². The fourth-order valence-electron chi connectivity index (χ4n) is 1.64. The Morgan fingerprint density at radius 2 is 2.00 bits per heavy atom. The lowest BCUT2D eigenvalue weighted by Crippen LogP contribution is -2.04. The van der Waals surface area contributed by atoms with Crippen molar-refractivity contribution in [2.75, 3.05) is 12.8 Å². The minimum Gasteiger partial charge on any atom is -0.465 e. The zero-order chi connectivity index (χ0) is 12.3. The number of para-hydroxylation sites is 1. The molecule has 0 spiro atoms. The lowest BCUT2D eigenvalue weighted by Gasteiger charge is -2.09. The molecule has 1 aromatic carbocycles. The minimum atomic E-state index is -0.420. The van der Waals surface area contributed by atoms with Gasteiger partial charge in [-0.05, 0) is 12.1 Å². The average molecular weight is 228 g/mol. The van der Waals surface area contributed by atoms with Crippen molar-refractivity contribution in [2.45, 2.75) is 0 Å². The van der Waals surface area contributed by atoms with Gasteiger partial charge in [0.25, 0.3) is 0 Å². The molecule has 0 aliphatic rings. The maximum absolute atomic E-state index is 11.6. The summed E-state index contributed by atoms with van der Waals surface area (Å²) in [6.07, 6.45) is 3.10. The van der Waals surface area contributed by atoms with Gasteiger partial charge in [0, 0.05) is 29.2 Å². The van der Waals surface area contributed by atoms with E-state index < -0.39 is 5.97 Å². The van der Waals surface area contributed by atoms with Crippen molar-refractivity contribution in [1.82, 2.24) is 4.98 Å². The van der Waals surface area contributed by atoms with Crippen LogP contribution >= 0.6 is 0 Å². The number of rotatable bonds is 2. The van der Waals surface area contributed by atoms with Gasteiger partial charge >= 0.3 is 5.97 Å². The van der Waals surface area contributed by atoms with Crippen molar-refractivity contribution in [3.05, 3.63) is 48.3 Å². The summed E-state index contributed by atoms with van der Waals surface area (Å²) in [5.41, 5.74) is 8.44. The van der Waals surface area contributed by atoms with Crippen LogP contribution in [0.25, 0.3) is 11.1 Å². The highest BCUT2D eigenvalue weighted by Crippen LogP contribution is 2.28. The number of esters is 1. The van der Waals surface area contributed by atoms with Crippen molar-refractivity contribution in [1.29, 1.82) is 0 Å². The summed E-state index contributed by atoms with van der Waals surface area (Å²) in [6.45, 7) is 0. The van der Waals surface area contributed by atoms with E-state index in [9.17, 15) is 4.79 Å². The van der Waals surface area contributed by atoms with Crippen LogP contribution in [0.3, 0.4) is 0 Å². The number of nitrogens with two attached hydrogens (primary N) is 1. The van der Waals surface area contributed by atoms with E-state index in [2.05, 4.69) is 4.98 Å². The molecular weight excluding hydrogens is 216 g/mol. The number of methoxy groups -OCH3 is 1. The molecule has 0 bridgehead atoms. The molecule has 2 N–H and O–H groups in total. The number of nitrogen functional groups attached to an aromatic ring is 1. The zero-order valence-corrected chi connectivity index (χ0v) is 9.38. The Bertz CT molecular complexity index is 553. The van der Waals surface area contributed by atoms with Crippen molar-refractivity contribution in [2.24, 2.45) is 0 Å². The minimum absolute atomic E-state index is 0.410. The molecule has 0 radical (unpaired) electrons. The fourth-order valence-corrected chi connectivity index (χ4v) is 1.64. The van der Waals surface area contributed by atoms with Gasteiger partial charge in [-0.2, -0.15) is 0 Å². The number of ether oxygens (including phenoxy) is 1. The van der Waals surface area contributed by atoms with Crippen LogP contribution in [0.2, 0.25) is 0 Å².